The third kappa shape index (κ3) is 4.37. The minimum atomic E-state index is -0.480. The average molecular weight is 258 g/mol. The highest BCUT2D eigenvalue weighted by atomic mass is 32.1. The lowest BCUT2D eigenvalue weighted by Gasteiger charge is -2.31. The van der Waals surface area contributed by atoms with Crippen LogP contribution in [0.2, 0.25) is 0 Å². The highest BCUT2D eigenvalue weighted by Crippen LogP contribution is 2.26. The minimum absolute atomic E-state index is 0.0217. The maximum absolute atomic E-state index is 9.74. The van der Waals surface area contributed by atoms with Crippen LogP contribution in [0.5, 0.6) is 0 Å². The Balaban J connectivity index is 2.65. The maximum atomic E-state index is 9.74. The number of likely N-dealkylation sites (N-methyl/N-ethyl adjacent to an activating group) is 1. The van der Waals surface area contributed by atoms with Crippen molar-refractivity contribution in [1.82, 2.24) is 4.90 Å². The predicted octanol–water partition coefficient (Wildman–Crippen LogP) is 1.08. The molecule has 98 valence electrons. The van der Waals surface area contributed by atoms with Crippen LogP contribution in [0.25, 0.3) is 0 Å². The summed E-state index contributed by atoms with van der Waals surface area (Å²) in [5, 5.41) is 11.8. The van der Waals surface area contributed by atoms with Crippen molar-refractivity contribution in [2.45, 2.75) is 25.1 Å². The molecule has 3 N–H and O–H groups in total. The molecule has 0 bridgehead atoms. The van der Waals surface area contributed by atoms with Crippen LogP contribution in [-0.4, -0.2) is 49.5 Å². The number of methoxy groups -OCH3 is 1. The van der Waals surface area contributed by atoms with Gasteiger partial charge in [0.2, 0.25) is 0 Å². The molecule has 17 heavy (non-hydrogen) atoms. The summed E-state index contributed by atoms with van der Waals surface area (Å²) in [7, 11) is 3.57. The SMILES string of the molecule is COCC(O)CN(C)C(c1cccs1)C(C)N. The fourth-order valence-electron chi connectivity index (χ4n) is 2.03. The molecule has 1 heterocycles. The van der Waals surface area contributed by atoms with E-state index >= 15 is 0 Å². The van der Waals surface area contributed by atoms with Gasteiger partial charge in [-0.25, -0.2) is 0 Å². The van der Waals surface area contributed by atoms with Crippen molar-refractivity contribution in [3.8, 4) is 0 Å². The summed E-state index contributed by atoms with van der Waals surface area (Å²) in [6.45, 7) is 2.89. The molecular formula is C12H22N2O2S. The highest BCUT2D eigenvalue weighted by Gasteiger charge is 2.23. The quantitative estimate of drug-likeness (QED) is 0.768. The van der Waals surface area contributed by atoms with Gasteiger partial charge in [0.25, 0.3) is 0 Å². The molecule has 1 rings (SSSR count). The summed E-state index contributed by atoms with van der Waals surface area (Å²) < 4.78 is 4.93. The molecule has 5 heteroatoms. The molecule has 0 aromatic carbocycles. The van der Waals surface area contributed by atoms with Gasteiger partial charge in [-0.2, -0.15) is 0 Å². The fourth-order valence-corrected chi connectivity index (χ4v) is 3.03. The standard InChI is InChI=1S/C12H22N2O2S/c1-9(13)12(11-5-4-6-17-11)14(2)7-10(15)8-16-3/h4-6,9-10,12,15H,7-8,13H2,1-3H3. The molecule has 0 saturated heterocycles. The van der Waals surface area contributed by atoms with Gasteiger partial charge in [-0.1, -0.05) is 6.07 Å². The Labute approximate surface area is 107 Å². The fraction of sp³-hybridized carbons (Fsp3) is 0.667. The van der Waals surface area contributed by atoms with Crippen LogP contribution in [0.1, 0.15) is 17.8 Å². The molecule has 1 aromatic heterocycles. The molecule has 0 aliphatic rings. The second-order valence-corrected chi connectivity index (χ2v) is 5.35. The molecule has 0 spiro atoms. The molecule has 0 saturated carbocycles. The van der Waals surface area contributed by atoms with Gasteiger partial charge in [0.15, 0.2) is 0 Å². The largest absolute Gasteiger partial charge is 0.389 e. The monoisotopic (exact) mass is 258 g/mol. The van der Waals surface area contributed by atoms with E-state index in [0.29, 0.717) is 13.2 Å². The summed E-state index contributed by atoms with van der Waals surface area (Å²) in [5.74, 6) is 0. The number of nitrogens with zero attached hydrogens (tertiary/aromatic N) is 1. The number of rotatable bonds is 7. The van der Waals surface area contributed by atoms with E-state index in [-0.39, 0.29) is 12.1 Å². The van der Waals surface area contributed by atoms with E-state index in [1.165, 1.54) is 4.88 Å². The lowest BCUT2D eigenvalue weighted by molar-refractivity contribution is 0.0321. The van der Waals surface area contributed by atoms with Gasteiger partial charge in [-0.15, -0.1) is 11.3 Å². The molecule has 0 fully saturated rings. The van der Waals surface area contributed by atoms with Crippen LogP contribution in [0, 0.1) is 0 Å². The van der Waals surface area contributed by atoms with Crippen molar-refractivity contribution >= 4 is 11.3 Å². The summed E-state index contributed by atoms with van der Waals surface area (Å²) in [6.07, 6.45) is -0.480. The topological polar surface area (TPSA) is 58.7 Å². The Morgan fingerprint density at radius 1 is 1.59 bits per heavy atom. The number of hydrogen-bond acceptors (Lipinski definition) is 5. The highest BCUT2D eigenvalue weighted by molar-refractivity contribution is 7.10. The summed E-state index contributed by atoms with van der Waals surface area (Å²) in [5.41, 5.74) is 6.03. The van der Waals surface area contributed by atoms with E-state index in [9.17, 15) is 5.11 Å². The van der Waals surface area contributed by atoms with Crippen molar-refractivity contribution in [3.63, 3.8) is 0 Å². The van der Waals surface area contributed by atoms with Gasteiger partial charge in [-0.05, 0) is 25.4 Å². The zero-order valence-electron chi connectivity index (χ0n) is 10.7. The molecule has 0 aliphatic carbocycles. The first kappa shape index (κ1) is 14.6. The van der Waals surface area contributed by atoms with E-state index in [1.807, 2.05) is 25.4 Å². The number of thiophene rings is 1. The summed E-state index contributed by atoms with van der Waals surface area (Å²) >= 11 is 1.69. The molecule has 1 aromatic rings. The number of ether oxygens (including phenoxy) is 1. The normalized spacial score (nSPS) is 17.1. The second-order valence-electron chi connectivity index (χ2n) is 4.37. The van der Waals surface area contributed by atoms with E-state index in [0.717, 1.165) is 0 Å². The van der Waals surface area contributed by atoms with Crippen LogP contribution >= 0.6 is 11.3 Å². The Hall–Kier alpha value is -0.460. The van der Waals surface area contributed by atoms with Crippen LogP contribution in [0.3, 0.4) is 0 Å². The molecule has 3 atom stereocenters. The van der Waals surface area contributed by atoms with Crippen molar-refractivity contribution in [3.05, 3.63) is 22.4 Å². The average Bonchev–Trinajstić information content (AvgIpc) is 2.70. The van der Waals surface area contributed by atoms with Gasteiger partial charge in [-0.3, -0.25) is 4.90 Å². The Morgan fingerprint density at radius 2 is 2.29 bits per heavy atom. The Morgan fingerprint density at radius 3 is 2.76 bits per heavy atom. The third-order valence-corrected chi connectivity index (χ3v) is 3.61. The summed E-state index contributed by atoms with van der Waals surface area (Å²) in [6, 6.07) is 4.27. The lowest BCUT2D eigenvalue weighted by Crippen LogP contribution is -2.41. The van der Waals surface area contributed by atoms with Gasteiger partial charge >= 0.3 is 0 Å². The smallest absolute Gasteiger partial charge is 0.0900 e. The number of aliphatic hydroxyl groups excluding tert-OH is 1. The van der Waals surface area contributed by atoms with Crippen LogP contribution in [0.15, 0.2) is 17.5 Å². The summed E-state index contributed by atoms with van der Waals surface area (Å²) in [4.78, 5) is 3.31. The van der Waals surface area contributed by atoms with Crippen LogP contribution < -0.4 is 5.73 Å². The number of nitrogens with two attached hydrogens (primary N) is 1. The zero-order chi connectivity index (χ0) is 12.8. The number of hydrogen-bond donors (Lipinski definition) is 2. The van der Waals surface area contributed by atoms with Crippen LogP contribution in [-0.2, 0) is 4.74 Å². The molecule has 3 unspecified atom stereocenters. The van der Waals surface area contributed by atoms with Gasteiger partial charge < -0.3 is 15.6 Å². The van der Waals surface area contributed by atoms with Crippen molar-refractivity contribution in [2.75, 3.05) is 27.3 Å². The Bertz CT molecular complexity index is 303. The Kier molecular flexibility index (Phi) is 6.08. The van der Waals surface area contributed by atoms with E-state index in [1.54, 1.807) is 18.4 Å². The number of aliphatic hydroxyl groups is 1. The van der Waals surface area contributed by atoms with Crippen LogP contribution in [0.4, 0.5) is 0 Å². The molecule has 4 nitrogen and oxygen atoms in total. The van der Waals surface area contributed by atoms with Crippen molar-refractivity contribution in [1.29, 1.82) is 0 Å². The zero-order valence-corrected chi connectivity index (χ0v) is 11.5. The van der Waals surface area contributed by atoms with Gasteiger partial charge in [0.05, 0.1) is 18.8 Å². The predicted molar refractivity (Wildman–Crippen MR) is 71.2 cm³/mol. The van der Waals surface area contributed by atoms with E-state index < -0.39 is 6.10 Å². The van der Waals surface area contributed by atoms with Crippen molar-refractivity contribution < 1.29 is 9.84 Å². The molecule has 0 radical (unpaired) electrons. The van der Waals surface area contributed by atoms with E-state index in [4.69, 9.17) is 10.5 Å². The lowest BCUT2D eigenvalue weighted by atomic mass is 10.1. The molecular weight excluding hydrogens is 236 g/mol. The van der Waals surface area contributed by atoms with Crippen molar-refractivity contribution in [2.24, 2.45) is 5.73 Å². The van der Waals surface area contributed by atoms with Gasteiger partial charge in [0, 0.05) is 24.6 Å². The second kappa shape index (κ2) is 7.08. The molecule has 0 amide bonds. The van der Waals surface area contributed by atoms with Gasteiger partial charge in [0.1, 0.15) is 0 Å². The first-order valence-electron chi connectivity index (χ1n) is 5.72. The van der Waals surface area contributed by atoms with E-state index in [2.05, 4.69) is 11.0 Å². The maximum Gasteiger partial charge on any atom is 0.0900 e. The minimum Gasteiger partial charge on any atom is -0.389 e. The third-order valence-electron chi connectivity index (χ3n) is 2.67. The molecule has 0 aliphatic heterocycles. The first-order chi connectivity index (χ1) is 8.06. The first-order valence-corrected chi connectivity index (χ1v) is 6.60.